The van der Waals surface area contributed by atoms with Gasteiger partial charge in [-0.25, -0.2) is 0 Å². The molecule has 0 aliphatic carbocycles. The summed E-state index contributed by atoms with van der Waals surface area (Å²) in [5, 5.41) is 0.397. The second-order valence-electron chi connectivity index (χ2n) is 6.02. The number of carbonyl (C=O) groups is 3. The average molecular weight is 384 g/mol. The number of rotatable bonds is 4. The Bertz CT molecular complexity index is 716. The molecule has 2 aliphatic rings. The number of nitrogens with one attached hydrogen (secondary N) is 2. The van der Waals surface area contributed by atoms with Crippen LogP contribution in [0.2, 0.25) is 5.02 Å². The molecule has 3 amide bonds. The van der Waals surface area contributed by atoms with E-state index in [0.29, 0.717) is 22.9 Å². The maximum atomic E-state index is 12.3. The predicted molar refractivity (Wildman–Crippen MR) is 94.0 cm³/mol. The van der Waals surface area contributed by atoms with Crippen LogP contribution < -0.4 is 15.6 Å². The Hall–Kier alpha value is -1.93. The van der Waals surface area contributed by atoms with Gasteiger partial charge < -0.3 is 9.64 Å². The van der Waals surface area contributed by atoms with Crippen molar-refractivity contribution in [3.63, 3.8) is 0 Å². The van der Waals surface area contributed by atoms with Gasteiger partial charge in [-0.1, -0.05) is 23.7 Å². The lowest BCUT2D eigenvalue weighted by molar-refractivity contribution is -0.139. The van der Waals surface area contributed by atoms with Crippen LogP contribution in [0.4, 0.5) is 0 Å². The Labute approximate surface area is 154 Å². The highest BCUT2D eigenvalue weighted by atomic mass is 35.5. The van der Waals surface area contributed by atoms with E-state index in [2.05, 4.69) is 10.9 Å². The number of hydrogen-bond acceptors (Lipinski definition) is 5. The van der Waals surface area contributed by atoms with Crippen LogP contribution in [0, 0.1) is 0 Å². The number of thioether (sulfide) groups is 1. The van der Waals surface area contributed by atoms with Crippen molar-refractivity contribution in [2.24, 2.45) is 0 Å². The van der Waals surface area contributed by atoms with Crippen molar-refractivity contribution in [3.05, 3.63) is 29.3 Å². The first-order valence-electron chi connectivity index (χ1n) is 7.83. The normalized spacial score (nSPS) is 24.8. The molecule has 0 radical (unpaired) electrons. The Kier molecular flexibility index (Phi) is 5.10. The van der Waals surface area contributed by atoms with E-state index in [4.69, 9.17) is 16.3 Å². The van der Waals surface area contributed by atoms with Gasteiger partial charge in [0.25, 0.3) is 11.8 Å². The molecule has 0 unspecified atom stereocenters. The Balaban J connectivity index is 1.48. The highest BCUT2D eigenvalue weighted by Gasteiger charge is 2.52. The number of hydrogen-bond donors (Lipinski definition) is 2. The van der Waals surface area contributed by atoms with Crippen molar-refractivity contribution in [2.45, 2.75) is 30.7 Å². The van der Waals surface area contributed by atoms with E-state index in [1.165, 1.54) is 0 Å². The van der Waals surface area contributed by atoms with Gasteiger partial charge in [-0.3, -0.25) is 25.2 Å². The van der Waals surface area contributed by atoms with Crippen molar-refractivity contribution in [3.8, 4) is 5.75 Å². The van der Waals surface area contributed by atoms with E-state index >= 15 is 0 Å². The van der Waals surface area contributed by atoms with Crippen LogP contribution in [-0.2, 0) is 14.4 Å². The number of halogens is 1. The molecule has 2 atom stereocenters. The molecule has 9 heteroatoms. The van der Waals surface area contributed by atoms with E-state index in [1.807, 2.05) is 6.92 Å². The Morgan fingerprint density at radius 3 is 2.92 bits per heavy atom. The van der Waals surface area contributed by atoms with Gasteiger partial charge in [0.05, 0.1) is 9.89 Å². The van der Waals surface area contributed by atoms with Crippen molar-refractivity contribution >= 4 is 41.1 Å². The van der Waals surface area contributed by atoms with Crippen LogP contribution in [0.25, 0.3) is 0 Å². The molecule has 134 valence electrons. The fourth-order valence-corrected chi connectivity index (χ4v) is 4.59. The maximum Gasteiger partial charge on any atom is 0.276 e. The summed E-state index contributed by atoms with van der Waals surface area (Å²) in [5.41, 5.74) is 4.67. The van der Waals surface area contributed by atoms with E-state index in [0.717, 1.165) is 6.42 Å². The van der Waals surface area contributed by atoms with Crippen LogP contribution >= 0.6 is 23.4 Å². The highest BCUT2D eigenvalue weighted by molar-refractivity contribution is 8.01. The third-order valence-corrected chi connectivity index (χ3v) is 6.09. The topological polar surface area (TPSA) is 87.7 Å². The molecular formula is C16H18ClN3O4S. The molecule has 0 bridgehead atoms. The molecule has 7 nitrogen and oxygen atoms in total. The zero-order chi connectivity index (χ0) is 18.0. The van der Waals surface area contributed by atoms with Gasteiger partial charge in [-0.05, 0) is 25.5 Å². The minimum atomic E-state index is -0.574. The molecule has 0 saturated carbocycles. The monoisotopic (exact) mass is 383 g/mol. The van der Waals surface area contributed by atoms with Gasteiger partial charge in [0.1, 0.15) is 11.8 Å². The molecule has 3 rings (SSSR count). The van der Waals surface area contributed by atoms with Gasteiger partial charge in [-0.2, -0.15) is 0 Å². The molecule has 25 heavy (non-hydrogen) atoms. The lowest BCUT2D eigenvalue weighted by atomic mass is 10.2. The van der Waals surface area contributed by atoms with Crippen molar-refractivity contribution in [2.75, 3.05) is 12.4 Å². The van der Waals surface area contributed by atoms with E-state index < -0.39 is 17.9 Å². The first-order valence-corrected chi connectivity index (χ1v) is 9.19. The summed E-state index contributed by atoms with van der Waals surface area (Å²) in [7, 11) is 0. The van der Waals surface area contributed by atoms with Crippen LogP contribution in [0.15, 0.2) is 24.3 Å². The lowest BCUT2D eigenvalue weighted by Gasteiger charge is -2.29. The first-order chi connectivity index (χ1) is 11.9. The summed E-state index contributed by atoms with van der Waals surface area (Å²) in [5.74, 6) is -0.0515. The molecule has 2 N–H and O–H groups in total. The van der Waals surface area contributed by atoms with Gasteiger partial charge in [0.15, 0.2) is 6.61 Å². The number of benzene rings is 1. The van der Waals surface area contributed by atoms with E-state index in [9.17, 15) is 14.4 Å². The van der Waals surface area contributed by atoms with Crippen molar-refractivity contribution in [1.29, 1.82) is 0 Å². The number of nitrogens with zero attached hydrogens (tertiary/aromatic N) is 1. The van der Waals surface area contributed by atoms with Crippen LogP contribution in [0.3, 0.4) is 0 Å². The number of hydrazine groups is 1. The molecule has 1 aromatic rings. The summed E-state index contributed by atoms with van der Waals surface area (Å²) < 4.78 is 5.29. The second-order valence-corrected chi connectivity index (χ2v) is 7.93. The van der Waals surface area contributed by atoms with Crippen molar-refractivity contribution in [1.82, 2.24) is 15.8 Å². The summed E-state index contributed by atoms with van der Waals surface area (Å²) in [6.07, 6.45) is 1.18. The molecule has 0 spiro atoms. The zero-order valence-electron chi connectivity index (χ0n) is 13.6. The van der Waals surface area contributed by atoms with Crippen LogP contribution in [0.1, 0.15) is 19.8 Å². The summed E-state index contributed by atoms with van der Waals surface area (Å²) in [6.45, 7) is 1.68. The molecule has 1 aromatic carbocycles. The highest BCUT2D eigenvalue weighted by Crippen LogP contribution is 2.47. The number of fused-ring (bicyclic) bond motifs is 1. The average Bonchev–Trinajstić information content (AvgIpc) is 3.08. The number of para-hydroxylation sites is 1. The fourth-order valence-electron chi connectivity index (χ4n) is 2.97. The van der Waals surface area contributed by atoms with Gasteiger partial charge in [-0.15, -0.1) is 11.8 Å². The van der Waals surface area contributed by atoms with Crippen LogP contribution in [-0.4, -0.2) is 45.9 Å². The third-order valence-electron chi connectivity index (χ3n) is 4.27. The number of carbonyl (C=O) groups excluding carboxylic acids is 3. The smallest absolute Gasteiger partial charge is 0.276 e. The zero-order valence-corrected chi connectivity index (χ0v) is 15.2. The van der Waals surface area contributed by atoms with Gasteiger partial charge >= 0.3 is 0 Å². The summed E-state index contributed by atoms with van der Waals surface area (Å²) in [4.78, 5) is 37.5. The molecule has 2 heterocycles. The van der Waals surface area contributed by atoms with E-state index in [1.54, 1.807) is 40.9 Å². The maximum absolute atomic E-state index is 12.3. The quantitative estimate of drug-likeness (QED) is 0.766. The predicted octanol–water partition coefficient (Wildman–Crippen LogP) is 1.32. The Morgan fingerprint density at radius 2 is 2.16 bits per heavy atom. The molecule has 0 aromatic heterocycles. The minimum absolute atomic E-state index is 0.0268. The first kappa shape index (κ1) is 17.9. The number of amides is 3. The third kappa shape index (κ3) is 3.69. The standard InChI is InChI=1S/C16H18ClN3O4S/c1-16-7-6-14(22)20(16)11(9-25-16)15(23)19-18-13(21)8-24-12-5-3-2-4-10(12)17/h2-5,11H,6-9H2,1H3,(H,18,21)(H,19,23)/t11-,16-/m1/s1. The van der Waals surface area contributed by atoms with Crippen molar-refractivity contribution < 1.29 is 19.1 Å². The SMILES string of the molecule is C[C@@]12CCC(=O)N1[C@@H](C(=O)NNC(=O)COc1ccccc1Cl)CS2. The number of ether oxygens (including phenoxy) is 1. The Morgan fingerprint density at radius 1 is 1.40 bits per heavy atom. The molecule has 2 aliphatic heterocycles. The fraction of sp³-hybridized carbons (Fsp3) is 0.438. The second kappa shape index (κ2) is 7.13. The summed E-state index contributed by atoms with van der Waals surface area (Å²) in [6, 6.07) is 6.21. The lowest BCUT2D eigenvalue weighted by Crippen LogP contribution is -2.54. The van der Waals surface area contributed by atoms with Crippen LogP contribution in [0.5, 0.6) is 5.75 Å². The molecule has 2 saturated heterocycles. The largest absolute Gasteiger partial charge is 0.482 e. The minimum Gasteiger partial charge on any atom is -0.482 e. The van der Waals surface area contributed by atoms with E-state index in [-0.39, 0.29) is 17.4 Å². The summed E-state index contributed by atoms with van der Waals surface area (Å²) >= 11 is 7.52. The van der Waals surface area contributed by atoms with Gasteiger partial charge in [0.2, 0.25) is 5.91 Å². The molecular weight excluding hydrogens is 366 g/mol. The molecule has 2 fully saturated rings. The van der Waals surface area contributed by atoms with Gasteiger partial charge in [0, 0.05) is 12.2 Å².